The summed E-state index contributed by atoms with van der Waals surface area (Å²) >= 11 is 0. The molecule has 1 amide bonds. The zero-order valence-electron chi connectivity index (χ0n) is 15.7. The molecule has 1 unspecified atom stereocenters. The van der Waals surface area contributed by atoms with E-state index in [1.165, 1.54) is 0 Å². The number of likely N-dealkylation sites (tertiary alicyclic amines) is 2. The van der Waals surface area contributed by atoms with Crippen LogP contribution in [0.25, 0.3) is 0 Å². The Morgan fingerprint density at radius 1 is 1.27 bits per heavy atom. The first-order valence-electron chi connectivity index (χ1n) is 9.32. The molecule has 6 heteroatoms. The number of carbonyl (C=O) groups excluding carboxylic acids is 1. The third-order valence-electron chi connectivity index (χ3n) is 5.95. The standard InChI is InChI=1S/C20H26N4O2/c1-14-5-4-6-16(11-14)19(25)24-9-7-20(8-10-24)12-17(23(3)13-20)18-21-15(2)22-26-18/h4-6,11,17H,7-10,12-13H2,1-3H3. The Balaban J connectivity index is 1.42. The van der Waals surface area contributed by atoms with E-state index >= 15 is 0 Å². The molecule has 0 radical (unpaired) electrons. The Labute approximate surface area is 154 Å². The van der Waals surface area contributed by atoms with Crippen LogP contribution >= 0.6 is 0 Å². The van der Waals surface area contributed by atoms with E-state index in [-0.39, 0.29) is 17.4 Å². The van der Waals surface area contributed by atoms with Crippen LogP contribution in [0.15, 0.2) is 28.8 Å². The van der Waals surface area contributed by atoms with Crippen molar-refractivity contribution in [2.75, 3.05) is 26.7 Å². The van der Waals surface area contributed by atoms with E-state index < -0.39 is 0 Å². The summed E-state index contributed by atoms with van der Waals surface area (Å²) in [5, 5.41) is 3.94. The molecule has 1 atom stereocenters. The molecule has 2 saturated heterocycles. The molecule has 0 bridgehead atoms. The van der Waals surface area contributed by atoms with Crippen LogP contribution in [0.3, 0.4) is 0 Å². The molecule has 2 aliphatic rings. The van der Waals surface area contributed by atoms with E-state index in [0.29, 0.717) is 5.82 Å². The summed E-state index contributed by atoms with van der Waals surface area (Å²) in [6.45, 7) is 6.53. The van der Waals surface area contributed by atoms with Gasteiger partial charge in [0.25, 0.3) is 5.91 Å². The molecule has 0 saturated carbocycles. The van der Waals surface area contributed by atoms with E-state index in [4.69, 9.17) is 4.52 Å². The molecule has 0 N–H and O–H groups in total. The molecule has 6 nitrogen and oxygen atoms in total. The summed E-state index contributed by atoms with van der Waals surface area (Å²) in [4.78, 5) is 21.5. The van der Waals surface area contributed by atoms with Gasteiger partial charge < -0.3 is 9.42 Å². The highest BCUT2D eigenvalue weighted by Gasteiger charge is 2.46. The molecule has 1 aromatic carbocycles. The van der Waals surface area contributed by atoms with Crippen molar-refractivity contribution >= 4 is 5.91 Å². The van der Waals surface area contributed by atoms with Gasteiger partial charge in [-0.2, -0.15) is 4.98 Å². The zero-order chi connectivity index (χ0) is 18.3. The number of piperidine rings is 1. The predicted molar refractivity (Wildman–Crippen MR) is 97.8 cm³/mol. The van der Waals surface area contributed by atoms with Crippen molar-refractivity contribution in [1.82, 2.24) is 19.9 Å². The van der Waals surface area contributed by atoms with Crippen LogP contribution in [0, 0.1) is 19.3 Å². The van der Waals surface area contributed by atoms with Gasteiger partial charge in [0.05, 0.1) is 6.04 Å². The highest BCUT2D eigenvalue weighted by atomic mass is 16.5. The van der Waals surface area contributed by atoms with Gasteiger partial charge in [0, 0.05) is 25.2 Å². The highest BCUT2D eigenvalue weighted by molar-refractivity contribution is 5.94. The first kappa shape index (κ1) is 17.2. The lowest BCUT2D eigenvalue weighted by Gasteiger charge is -2.39. The minimum Gasteiger partial charge on any atom is -0.339 e. The number of benzene rings is 1. The molecular formula is C20H26N4O2. The molecule has 0 aliphatic carbocycles. The van der Waals surface area contributed by atoms with Gasteiger partial charge in [-0.25, -0.2) is 0 Å². The second-order valence-electron chi connectivity index (χ2n) is 7.98. The summed E-state index contributed by atoms with van der Waals surface area (Å²) in [6, 6.07) is 8.06. The topological polar surface area (TPSA) is 62.5 Å². The summed E-state index contributed by atoms with van der Waals surface area (Å²) < 4.78 is 5.41. The largest absolute Gasteiger partial charge is 0.339 e. The van der Waals surface area contributed by atoms with Gasteiger partial charge >= 0.3 is 0 Å². The number of hydrogen-bond donors (Lipinski definition) is 0. The monoisotopic (exact) mass is 354 g/mol. The third-order valence-corrected chi connectivity index (χ3v) is 5.95. The SMILES string of the molecule is Cc1cccc(C(=O)N2CCC3(CC2)CC(c2nc(C)no2)N(C)C3)c1. The lowest BCUT2D eigenvalue weighted by molar-refractivity contribution is 0.0593. The molecule has 1 spiro atoms. The van der Waals surface area contributed by atoms with E-state index in [0.717, 1.165) is 55.9 Å². The maximum absolute atomic E-state index is 12.8. The van der Waals surface area contributed by atoms with Gasteiger partial charge in [-0.3, -0.25) is 9.69 Å². The fourth-order valence-electron chi connectivity index (χ4n) is 4.50. The number of rotatable bonds is 2. The second kappa shape index (κ2) is 6.50. The van der Waals surface area contributed by atoms with Gasteiger partial charge in [0.2, 0.25) is 5.89 Å². The highest BCUT2D eigenvalue weighted by Crippen LogP contribution is 2.48. The van der Waals surface area contributed by atoms with Crippen LogP contribution in [-0.2, 0) is 0 Å². The minimum absolute atomic E-state index is 0.152. The van der Waals surface area contributed by atoms with Crippen molar-refractivity contribution in [2.24, 2.45) is 5.41 Å². The van der Waals surface area contributed by atoms with Gasteiger partial charge in [-0.15, -0.1) is 0 Å². The van der Waals surface area contributed by atoms with Crippen molar-refractivity contribution in [3.8, 4) is 0 Å². The van der Waals surface area contributed by atoms with E-state index in [2.05, 4.69) is 22.1 Å². The summed E-state index contributed by atoms with van der Waals surface area (Å²) in [5.41, 5.74) is 2.16. The van der Waals surface area contributed by atoms with Crippen molar-refractivity contribution in [3.05, 3.63) is 47.1 Å². The minimum atomic E-state index is 0.152. The number of hydrogen-bond acceptors (Lipinski definition) is 5. The van der Waals surface area contributed by atoms with E-state index in [9.17, 15) is 4.79 Å². The Morgan fingerprint density at radius 3 is 2.69 bits per heavy atom. The maximum Gasteiger partial charge on any atom is 0.253 e. The predicted octanol–water partition coefficient (Wildman–Crippen LogP) is 2.99. The summed E-state index contributed by atoms with van der Waals surface area (Å²) in [5.74, 6) is 1.56. The molecule has 2 aromatic rings. The first-order valence-corrected chi connectivity index (χ1v) is 9.32. The summed E-state index contributed by atoms with van der Waals surface area (Å²) in [6.07, 6.45) is 3.08. The molecule has 1 aromatic heterocycles. The van der Waals surface area contributed by atoms with Crippen LogP contribution in [0.1, 0.15) is 52.9 Å². The Bertz CT molecular complexity index is 808. The van der Waals surface area contributed by atoms with Crippen LogP contribution in [0.2, 0.25) is 0 Å². The lowest BCUT2D eigenvalue weighted by Crippen LogP contribution is -2.44. The van der Waals surface area contributed by atoms with Crippen molar-refractivity contribution < 1.29 is 9.32 Å². The molecule has 2 aliphatic heterocycles. The summed E-state index contributed by atoms with van der Waals surface area (Å²) in [7, 11) is 2.13. The van der Waals surface area contributed by atoms with Gasteiger partial charge in [-0.1, -0.05) is 22.9 Å². The smallest absolute Gasteiger partial charge is 0.253 e. The fraction of sp³-hybridized carbons (Fsp3) is 0.550. The molecule has 26 heavy (non-hydrogen) atoms. The quantitative estimate of drug-likeness (QED) is 0.830. The fourth-order valence-corrected chi connectivity index (χ4v) is 4.50. The van der Waals surface area contributed by atoms with Crippen molar-refractivity contribution in [1.29, 1.82) is 0 Å². The normalized spacial score (nSPS) is 22.9. The van der Waals surface area contributed by atoms with Crippen LogP contribution < -0.4 is 0 Å². The first-order chi connectivity index (χ1) is 12.5. The third kappa shape index (κ3) is 3.14. The number of aromatic nitrogens is 2. The lowest BCUT2D eigenvalue weighted by atomic mass is 9.76. The Hall–Kier alpha value is -2.21. The van der Waals surface area contributed by atoms with Crippen LogP contribution in [-0.4, -0.2) is 52.5 Å². The average Bonchev–Trinajstić information content (AvgIpc) is 3.18. The van der Waals surface area contributed by atoms with E-state index in [1.54, 1.807) is 0 Å². The van der Waals surface area contributed by atoms with E-state index in [1.807, 2.05) is 43.0 Å². The Kier molecular flexibility index (Phi) is 4.31. The zero-order valence-corrected chi connectivity index (χ0v) is 15.7. The van der Waals surface area contributed by atoms with Crippen LogP contribution in [0.4, 0.5) is 0 Å². The van der Waals surface area contributed by atoms with Crippen LogP contribution in [0.5, 0.6) is 0 Å². The molecule has 2 fully saturated rings. The molecule has 4 rings (SSSR count). The number of aryl methyl sites for hydroxylation is 2. The Morgan fingerprint density at radius 2 is 2.04 bits per heavy atom. The van der Waals surface area contributed by atoms with Gasteiger partial charge in [0.1, 0.15) is 0 Å². The number of nitrogens with zero attached hydrogens (tertiary/aromatic N) is 4. The average molecular weight is 354 g/mol. The molecular weight excluding hydrogens is 328 g/mol. The second-order valence-corrected chi connectivity index (χ2v) is 7.98. The van der Waals surface area contributed by atoms with Crippen molar-refractivity contribution in [3.63, 3.8) is 0 Å². The van der Waals surface area contributed by atoms with Crippen molar-refractivity contribution in [2.45, 2.75) is 39.2 Å². The number of carbonyl (C=O) groups is 1. The molecule has 138 valence electrons. The number of amides is 1. The van der Waals surface area contributed by atoms with Gasteiger partial charge in [-0.05, 0) is 57.7 Å². The maximum atomic E-state index is 12.8. The van der Waals surface area contributed by atoms with Gasteiger partial charge in [0.15, 0.2) is 5.82 Å². The molecule has 3 heterocycles.